The Balaban J connectivity index is 1.97. The number of nitrogens with one attached hydrogen (secondary N) is 1. The minimum absolute atomic E-state index is 0.219. The first kappa shape index (κ1) is 14.5. The molecule has 0 saturated heterocycles. The number of rotatable bonds is 4. The molecule has 0 amide bonds. The van der Waals surface area contributed by atoms with Crippen LogP contribution in [0.15, 0.2) is 38.7 Å². The number of hydrazone groups is 1. The van der Waals surface area contributed by atoms with Gasteiger partial charge in [0.25, 0.3) is 10.0 Å². The number of halogens is 1. The lowest BCUT2D eigenvalue weighted by Gasteiger charge is -2.16. The van der Waals surface area contributed by atoms with Crippen LogP contribution >= 0.6 is 15.9 Å². The second-order valence-corrected chi connectivity index (χ2v) is 7.30. The Morgan fingerprint density at radius 2 is 1.79 bits per heavy atom. The van der Waals surface area contributed by atoms with E-state index in [1.165, 1.54) is 19.3 Å². The van der Waals surface area contributed by atoms with E-state index in [1.54, 1.807) is 30.5 Å². The molecule has 0 unspecified atom stereocenters. The van der Waals surface area contributed by atoms with Gasteiger partial charge in [-0.25, -0.2) is 4.83 Å². The zero-order valence-corrected chi connectivity index (χ0v) is 13.0. The summed E-state index contributed by atoms with van der Waals surface area (Å²) in [5.41, 5.74) is 0. The molecule has 1 aliphatic rings. The molecule has 1 aromatic carbocycles. The van der Waals surface area contributed by atoms with Gasteiger partial charge >= 0.3 is 0 Å². The molecule has 19 heavy (non-hydrogen) atoms. The van der Waals surface area contributed by atoms with Crippen LogP contribution in [0.1, 0.15) is 32.1 Å². The van der Waals surface area contributed by atoms with Crippen molar-refractivity contribution in [2.24, 2.45) is 11.0 Å². The molecule has 6 heteroatoms. The predicted octanol–water partition coefficient (Wildman–Crippen LogP) is 3.29. The van der Waals surface area contributed by atoms with E-state index < -0.39 is 10.0 Å². The SMILES string of the molecule is O=S(=O)(N/N=C\C1CCCCC1)c1ccc(Br)cc1. The molecule has 0 radical (unpaired) electrons. The second kappa shape index (κ2) is 6.52. The van der Waals surface area contributed by atoms with Gasteiger partial charge in [-0.2, -0.15) is 13.5 Å². The van der Waals surface area contributed by atoms with E-state index in [2.05, 4.69) is 25.9 Å². The summed E-state index contributed by atoms with van der Waals surface area (Å²) in [5, 5.41) is 3.89. The molecule has 0 spiro atoms. The highest BCUT2D eigenvalue weighted by Crippen LogP contribution is 2.21. The van der Waals surface area contributed by atoms with Gasteiger partial charge in [-0.3, -0.25) is 0 Å². The number of sulfonamides is 1. The van der Waals surface area contributed by atoms with Crippen molar-refractivity contribution in [1.82, 2.24) is 4.83 Å². The molecule has 0 heterocycles. The lowest BCUT2D eigenvalue weighted by atomic mass is 9.90. The summed E-state index contributed by atoms with van der Waals surface area (Å²) in [6.07, 6.45) is 7.61. The fourth-order valence-corrected chi connectivity index (χ4v) is 3.22. The minimum atomic E-state index is -3.55. The van der Waals surface area contributed by atoms with Crippen molar-refractivity contribution in [3.8, 4) is 0 Å². The van der Waals surface area contributed by atoms with Crippen LogP contribution in [0.4, 0.5) is 0 Å². The first-order valence-electron chi connectivity index (χ1n) is 6.38. The van der Waals surface area contributed by atoms with Gasteiger partial charge < -0.3 is 0 Å². The Morgan fingerprint density at radius 3 is 2.42 bits per heavy atom. The summed E-state index contributed by atoms with van der Waals surface area (Å²) in [6, 6.07) is 6.48. The van der Waals surface area contributed by atoms with Crippen molar-refractivity contribution < 1.29 is 8.42 Å². The minimum Gasteiger partial charge on any atom is -0.200 e. The van der Waals surface area contributed by atoms with Gasteiger partial charge in [0.05, 0.1) is 4.90 Å². The van der Waals surface area contributed by atoms with E-state index in [9.17, 15) is 8.42 Å². The number of benzene rings is 1. The topological polar surface area (TPSA) is 58.5 Å². The Kier molecular flexibility index (Phi) is 4.99. The Labute approximate surface area is 122 Å². The predicted molar refractivity (Wildman–Crippen MR) is 79.5 cm³/mol. The van der Waals surface area contributed by atoms with E-state index in [0.29, 0.717) is 5.92 Å². The van der Waals surface area contributed by atoms with Crippen LogP contribution in [-0.4, -0.2) is 14.6 Å². The van der Waals surface area contributed by atoms with Crippen LogP contribution in [0.2, 0.25) is 0 Å². The molecule has 1 aromatic rings. The Hall–Kier alpha value is -0.880. The largest absolute Gasteiger partial charge is 0.276 e. The molecule has 4 nitrogen and oxygen atoms in total. The molecule has 0 bridgehead atoms. The van der Waals surface area contributed by atoms with Crippen molar-refractivity contribution in [2.75, 3.05) is 0 Å². The molecule has 2 rings (SSSR count). The summed E-state index contributed by atoms with van der Waals surface area (Å²) >= 11 is 3.27. The van der Waals surface area contributed by atoms with Gasteiger partial charge in [0.1, 0.15) is 0 Å². The number of hydrogen-bond donors (Lipinski definition) is 1. The van der Waals surface area contributed by atoms with Crippen LogP contribution in [-0.2, 0) is 10.0 Å². The summed E-state index contributed by atoms with van der Waals surface area (Å²) in [6.45, 7) is 0. The highest BCUT2D eigenvalue weighted by atomic mass is 79.9. The Morgan fingerprint density at radius 1 is 1.16 bits per heavy atom. The van der Waals surface area contributed by atoms with E-state index in [0.717, 1.165) is 17.3 Å². The van der Waals surface area contributed by atoms with Crippen LogP contribution in [0.3, 0.4) is 0 Å². The van der Waals surface area contributed by atoms with E-state index in [-0.39, 0.29) is 4.90 Å². The van der Waals surface area contributed by atoms with Crippen LogP contribution in [0.5, 0.6) is 0 Å². The molecule has 1 N–H and O–H groups in total. The van der Waals surface area contributed by atoms with Gasteiger partial charge in [-0.1, -0.05) is 35.2 Å². The fraction of sp³-hybridized carbons (Fsp3) is 0.462. The standard InChI is InChI=1S/C13H17BrN2O2S/c14-12-6-8-13(9-7-12)19(17,18)16-15-10-11-4-2-1-3-5-11/h6-11,16H,1-5H2/b15-10-. The first-order chi connectivity index (χ1) is 9.08. The van der Waals surface area contributed by atoms with Crippen LogP contribution < -0.4 is 4.83 Å². The molecule has 0 aliphatic heterocycles. The van der Waals surface area contributed by atoms with Gasteiger partial charge in [0.2, 0.25) is 0 Å². The molecule has 1 aliphatic carbocycles. The van der Waals surface area contributed by atoms with Crippen molar-refractivity contribution >= 4 is 32.2 Å². The maximum atomic E-state index is 11.9. The lowest BCUT2D eigenvalue weighted by molar-refractivity contribution is 0.444. The lowest BCUT2D eigenvalue weighted by Crippen LogP contribution is -2.19. The zero-order chi connectivity index (χ0) is 13.7. The number of nitrogens with zero attached hydrogens (tertiary/aromatic N) is 1. The summed E-state index contributed by atoms with van der Waals surface area (Å²) in [7, 11) is -3.55. The molecular formula is C13H17BrN2O2S. The maximum Gasteiger partial charge on any atom is 0.276 e. The summed E-state index contributed by atoms with van der Waals surface area (Å²) in [5.74, 6) is 0.404. The third-order valence-electron chi connectivity index (χ3n) is 3.23. The smallest absolute Gasteiger partial charge is 0.200 e. The van der Waals surface area contributed by atoms with Gasteiger partial charge in [-0.15, -0.1) is 0 Å². The summed E-state index contributed by atoms with van der Waals surface area (Å²) in [4.78, 5) is 2.49. The quantitative estimate of drug-likeness (QED) is 0.672. The maximum absolute atomic E-state index is 11.9. The van der Waals surface area contributed by atoms with Gasteiger partial charge in [0.15, 0.2) is 0 Å². The third kappa shape index (κ3) is 4.31. The summed E-state index contributed by atoms with van der Waals surface area (Å²) < 4.78 is 24.7. The van der Waals surface area contributed by atoms with E-state index >= 15 is 0 Å². The highest BCUT2D eigenvalue weighted by Gasteiger charge is 2.14. The molecule has 1 saturated carbocycles. The monoisotopic (exact) mass is 344 g/mol. The van der Waals surface area contributed by atoms with Crippen molar-refractivity contribution in [3.63, 3.8) is 0 Å². The van der Waals surface area contributed by atoms with Crippen molar-refractivity contribution in [3.05, 3.63) is 28.7 Å². The molecular weight excluding hydrogens is 328 g/mol. The fourth-order valence-electron chi connectivity index (χ4n) is 2.15. The second-order valence-electron chi connectivity index (χ2n) is 4.72. The van der Waals surface area contributed by atoms with Crippen molar-refractivity contribution in [1.29, 1.82) is 0 Å². The van der Waals surface area contributed by atoms with Gasteiger partial charge in [0, 0.05) is 10.7 Å². The van der Waals surface area contributed by atoms with Gasteiger partial charge in [-0.05, 0) is 43.0 Å². The molecule has 1 fully saturated rings. The zero-order valence-electron chi connectivity index (χ0n) is 10.5. The average Bonchev–Trinajstić information content (AvgIpc) is 2.40. The third-order valence-corrected chi connectivity index (χ3v) is 5.00. The molecule has 0 aromatic heterocycles. The van der Waals surface area contributed by atoms with E-state index in [1.807, 2.05) is 0 Å². The highest BCUT2D eigenvalue weighted by molar-refractivity contribution is 9.10. The normalized spacial score (nSPS) is 17.7. The molecule has 0 atom stereocenters. The van der Waals surface area contributed by atoms with Crippen LogP contribution in [0, 0.1) is 5.92 Å². The number of hydrogen-bond acceptors (Lipinski definition) is 3. The average molecular weight is 345 g/mol. The van der Waals surface area contributed by atoms with Crippen molar-refractivity contribution in [2.45, 2.75) is 37.0 Å². The molecule has 104 valence electrons. The van der Waals surface area contributed by atoms with E-state index in [4.69, 9.17) is 0 Å². The Bertz CT molecular complexity index is 534. The van der Waals surface area contributed by atoms with Crippen LogP contribution in [0.25, 0.3) is 0 Å². The first-order valence-corrected chi connectivity index (χ1v) is 8.66.